The number of ether oxygens (including phenoxy) is 2. The lowest BCUT2D eigenvalue weighted by atomic mass is 9.90. The Kier molecular flexibility index (Phi) is 3.93. The molecule has 0 bridgehead atoms. The van der Waals surface area contributed by atoms with Crippen LogP contribution in [0.25, 0.3) is 11.3 Å². The third kappa shape index (κ3) is 2.79. The van der Waals surface area contributed by atoms with E-state index in [4.69, 9.17) is 9.47 Å². The molecular formula is C15H15BrN2O3. The fraction of sp³-hybridized carbons (Fsp3) is 0.333. The molecule has 1 N–H and O–H groups in total. The fourth-order valence-corrected chi connectivity index (χ4v) is 2.58. The molecule has 0 spiro atoms. The average Bonchev–Trinajstić information content (AvgIpc) is 2.45. The zero-order chi connectivity index (χ0) is 14.9. The van der Waals surface area contributed by atoms with Crippen LogP contribution in [0.1, 0.15) is 12.5 Å². The van der Waals surface area contributed by atoms with Crippen molar-refractivity contribution in [1.82, 2.24) is 9.97 Å². The summed E-state index contributed by atoms with van der Waals surface area (Å²) < 4.78 is 11.5. The number of benzene rings is 1. The van der Waals surface area contributed by atoms with Gasteiger partial charge in [0.05, 0.1) is 37.9 Å². The molecule has 21 heavy (non-hydrogen) atoms. The number of hydrogen-bond donors (Lipinski definition) is 1. The maximum Gasteiger partial charge on any atom is 0.140 e. The Bertz CT molecular complexity index is 659. The Morgan fingerprint density at radius 2 is 2.19 bits per heavy atom. The van der Waals surface area contributed by atoms with Gasteiger partial charge in [0.1, 0.15) is 16.0 Å². The molecule has 1 aliphatic rings. The number of rotatable bonds is 4. The van der Waals surface area contributed by atoms with Crippen LogP contribution in [0.3, 0.4) is 0 Å². The average molecular weight is 351 g/mol. The van der Waals surface area contributed by atoms with Crippen LogP contribution in [0, 0.1) is 0 Å². The van der Waals surface area contributed by atoms with E-state index in [1.807, 2.05) is 25.1 Å². The summed E-state index contributed by atoms with van der Waals surface area (Å²) in [5.74, 6) is 0.655. The molecule has 1 fully saturated rings. The van der Waals surface area contributed by atoms with Crippen LogP contribution in [-0.4, -0.2) is 34.9 Å². The lowest BCUT2D eigenvalue weighted by molar-refractivity contribution is -0.185. The van der Waals surface area contributed by atoms with Crippen molar-refractivity contribution < 1.29 is 14.6 Å². The highest BCUT2D eigenvalue weighted by Gasteiger charge is 2.40. The molecule has 0 saturated carbocycles. The van der Waals surface area contributed by atoms with Crippen LogP contribution in [0.5, 0.6) is 5.75 Å². The van der Waals surface area contributed by atoms with Gasteiger partial charge >= 0.3 is 0 Å². The molecule has 0 aliphatic carbocycles. The normalized spacial score (nSPS) is 16.3. The molecule has 0 radical (unpaired) electrons. The van der Waals surface area contributed by atoms with Gasteiger partial charge in [0.15, 0.2) is 0 Å². The van der Waals surface area contributed by atoms with E-state index in [0.29, 0.717) is 30.2 Å². The van der Waals surface area contributed by atoms with Gasteiger partial charge < -0.3 is 14.6 Å². The largest absolute Gasteiger partial charge is 0.493 e. The Hall–Kier alpha value is -1.50. The predicted octanol–water partition coefficient (Wildman–Crippen LogP) is 2.52. The van der Waals surface area contributed by atoms with Crippen molar-refractivity contribution in [1.29, 1.82) is 0 Å². The van der Waals surface area contributed by atoms with Crippen molar-refractivity contribution in [3.05, 3.63) is 40.8 Å². The number of hydrogen-bond acceptors (Lipinski definition) is 5. The van der Waals surface area contributed by atoms with Crippen molar-refractivity contribution in [2.24, 2.45) is 0 Å². The molecule has 1 aromatic heterocycles. The molecule has 2 aromatic rings. The number of aromatic nitrogens is 2. The fourth-order valence-electron chi connectivity index (χ4n) is 2.27. The number of nitrogens with zero attached hydrogens (tertiary/aromatic N) is 2. The summed E-state index contributed by atoms with van der Waals surface area (Å²) in [5.41, 5.74) is 1.43. The van der Waals surface area contributed by atoms with Gasteiger partial charge in [0.25, 0.3) is 0 Å². The van der Waals surface area contributed by atoms with Crippen molar-refractivity contribution >= 4 is 15.9 Å². The minimum Gasteiger partial charge on any atom is -0.493 e. The lowest BCUT2D eigenvalue weighted by Gasteiger charge is -2.37. The highest BCUT2D eigenvalue weighted by molar-refractivity contribution is 9.10. The van der Waals surface area contributed by atoms with Gasteiger partial charge in [0.2, 0.25) is 0 Å². The first-order valence-electron chi connectivity index (χ1n) is 6.68. The molecule has 5 nitrogen and oxygen atoms in total. The topological polar surface area (TPSA) is 64.5 Å². The van der Waals surface area contributed by atoms with E-state index in [1.54, 1.807) is 12.4 Å². The Labute approximate surface area is 131 Å². The number of aliphatic hydroxyl groups is 1. The van der Waals surface area contributed by atoms with Crippen LogP contribution in [0.4, 0.5) is 0 Å². The van der Waals surface area contributed by atoms with E-state index in [-0.39, 0.29) is 0 Å². The Morgan fingerprint density at radius 1 is 1.38 bits per heavy atom. The second-order valence-electron chi connectivity index (χ2n) is 4.90. The molecule has 0 unspecified atom stereocenters. The summed E-state index contributed by atoms with van der Waals surface area (Å²) in [6.07, 6.45) is 3.33. The Morgan fingerprint density at radius 3 is 2.81 bits per heavy atom. The molecule has 6 heteroatoms. The van der Waals surface area contributed by atoms with Crippen molar-refractivity contribution in [3.8, 4) is 17.0 Å². The van der Waals surface area contributed by atoms with Gasteiger partial charge in [-0.15, -0.1) is 0 Å². The van der Waals surface area contributed by atoms with Gasteiger partial charge in [-0.2, -0.15) is 0 Å². The molecule has 3 rings (SSSR count). The van der Waals surface area contributed by atoms with E-state index in [1.165, 1.54) is 0 Å². The first-order chi connectivity index (χ1) is 10.1. The second-order valence-corrected chi connectivity index (χ2v) is 5.71. The molecule has 0 atom stereocenters. The van der Waals surface area contributed by atoms with E-state index in [0.717, 1.165) is 16.8 Å². The first-order valence-corrected chi connectivity index (χ1v) is 7.47. The van der Waals surface area contributed by atoms with Crippen LogP contribution in [0.15, 0.2) is 35.2 Å². The summed E-state index contributed by atoms with van der Waals surface area (Å²) in [5, 5.41) is 10.5. The molecule has 1 saturated heterocycles. The summed E-state index contributed by atoms with van der Waals surface area (Å²) in [6.45, 7) is 3.03. The zero-order valence-corrected chi connectivity index (χ0v) is 13.1. The van der Waals surface area contributed by atoms with E-state index in [2.05, 4.69) is 25.9 Å². The maximum atomic E-state index is 10.5. The predicted molar refractivity (Wildman–Crippen MR) is 81.1 cm³/mol. The number of halogens is 1. The van der Waals surface area contributed by atoms with Crippen LogP contribution in [-0.2, 0) is 10.3 Å². The highest BCUT2D eigenvalue weighted by atomic mass is 79.9. The molecule has 1 aromatic carbocycles. The van der Waals surface area contributed by atoms with E-state index < -0.39 is 5.60 Å². The summed E-state index contributed by atoms with van der Waals surface area (Å²) in [6, 6.07) is 5.65. The van der Waals surface area contributed by atoms with Gasteiger partial charge in [-0.25, -0.2) is 4.98 Å². The van der Waals surface area contributed by atoms with Crippen molar-refractivity contribution in [3.63, 3.8) is 0 Å². The molecule has 2 heterocycles. The monoisotopic (exact) mass is 350 g/mol. The summed E-state index contributed by atoms with van der Waals surface area (Å²) in [4.78, 5) is 8.50. The summed E-state index contributed by atoms with van der Waals surface area (Å²) in [7, 11) is 0. The molecule has 0 amide bonds. The van der Waals surface area contributed by atoms with Gasteiger partial charge in [0, 0.05) is 11.1 Å². The Balaban J connectivity index is 2.03. The highest BCUT2D eigenvalue weighted by Crippen LogP contribution is 2.37. The maximum absolute atomic E-state index is 10.5. The summed E-state index contributed by atoms with van der Waals surface area (Å²) >= 11 is 3.31. The lowest BCUT2D eigenvalue weighted by Crippen LogP contribution is -2.46. The van der Waals surface area contributed by atoms with Crippen LogP contribution >= 0.6 is 15.9 Å². The molecule has 1 aliphatic heterocycles. The van der Waals surface area contributed by atoms with Crippen molar-refractivity contribution in [2.75, 3.05) is 19.8 Å². The SMILES string of the molecule is CCOc1cc(-c2cncc(Br)n2)ccc1C1(O)COC1. The quantitative estimate of drug-likeness (QED) is 0.917. The van der Waals surface area contributed by atoms with Crippen LogP contribution in [0.2, 0.25) is 0 Å². The van der Waals surface area contributed by atoms with Gasteiger partial charge in [-0.1, -0.05) is 12.1 Å². The smallest absolute Gasteiger partial charge is 0.140 e. The molecule has 110 valence electrons. The van der Waals surface area contributed by atoms with E-state index >= 15 is 0 Å². The minimum atomic E-state index is -0.952. The van der Waals surface area contributed by atoms with Gasteiger partial charge in [-0.3, -0.25) is 4.98 Å². The van der Waals surface area contributed by atoms with E-state index in [9.17, 15) is 5.11 Å². The second kappa shape index (κ2) is 5.71. The van der Waals surface area contributed by atoms with Crippen molar-refractivity contribution in [2.45, 2.75) is 12.5 Å². The third-order valence-electron chi connectivity index (χ3n) is 3.37. The third-order valence-corrected chi connectivity index (χ3v) is 3.75. The standard InChI is InChI=1S/C15H15BrN2O3/c1-2-21-13-5-10(12-6-17-7-14(16)18-12)3-4-11(13)15(19)8-20-9-15/h3-7,19H,2,8-9H2,1H3. The zero-order valence-electron chi connectivity index (χ0n) is 11.5. The minimum absolute atomic E-state index is 0.295. The van der Waals surface area contributed by atoms with Crippen LogP contribution < -0.4 is 4.74 Å². The first kappa shape index (κ1) is 14.4. The molecular weight excluding hydrogens is 336 g/mol. The van der Waals surface area contributed by atoms with Gasteiger partial charge in [-0.05, 0) is 28.9 Å².